The third-order valence-corrected chi connectivity index (χ3v) is 0. The molecule has 0 radical (unpaired) electrons. The summed E-state index contributed by atoms with van der Waals surface area (Å²) in [5.41, 5.74) is 0. The van der Waals surface area contributed by atoms with E-state index in [1.807, 2.05) is 0 Å². The monoisotopic (exact) mass is 982 g/mol. The van der Waals surface area contributed by atoms with Gasteiger partial charge in [-0.1, -0.05) is 0 Å². The molecule has 0 aliphatic rings. The van der Waals surface area contributed by atoms with Crippen molar-refractivity contribution in [3.63, 3.8) is 0 Å². The van der Waals surface area contributed by atoms with Crippen LogP contribution in [0.25, 0.3) is 0 Å². The van der Waals surface area contributed by atoms with E-state index in [4.69, 9.17) is 0 Å². The van der Waals surface area contributed by atoms with Gasteiger partial charge in [0, 0.05) is 93.3 Å². The second-order valence-electron chi connectivity index (χ2n) is 0. The molecule has 0 rings (SSSR count). The predicted molar refractivity (Wildman–Crippen MR) is 12.8 cm³/mol. The van der Waals surface area contributed by atoms with Gasteiger partial charge in [0.1, 0.15) is 0 Å². The minimum absolute atomic E-state index is 0. The van der Waals surface area contributed by atoms with Crippen LogP contribution in [0.4, 0.5) is 0 Å². The number of rotatable bonds is 0. The molecule has 0 N–H and O–H groups in total. The van der Waals surface area contributed by atoms with Crippen molar-refractivity contribution in [3.05, 3.63) is 14.9 Å². The van der Waals surface area contributed by atoms with Crippen molar-refractivity contribution in [3.8, 4) is 0 Å². The molecule has 0 aromatic heterocycles. The average Bonchev–Trinajstić information content (AvgIpc) is 0. The fourth-order valence-corrected chi connectivity index (χ4v) is 0. The third kappa shape index (κ3) is 24.1. The summed E-state index contributed by atoms with van der Waals surface area (Å²) in [4.78, 5) is 0. The maximum atomic E-state index is 0. The van der Waals surface area contributed by atoms with Gasteiger partial charge in [-0.15, -0.1) is 0 Å². The van der Waals surface area contributed by atoms with Crippen LogP contribution in [0, 0.1) is 139 Å². The van der Waals surface area contributed by atoms with Crippen LogP contribution >= 0.6 is 0 Å². The molecular weight excluding hydrogens is 976 g/mol. The first-order valence-corrected chi connectivity index (χ1v) is 0. The molecule has 0 aromatic rings. The molecule has 0 unspecified atom stereocenters. The van der Waals surface area contributed by atoms with Gasteiger partial charge < -0.3 is 14.9 Å². The van der Waals surface area contributed by atoms with E-state index >= 15 is 0 Å². The van der Waals surface area contributed by atoms with Gasteiger partial charge in [-0.3, -0.25) is 0 Å². The van der Waals surface area contributed by atoms with Gasteiger partial charge in [0.15, 0.2) is 0 Å². The summed E-state index contributed by atoms with van der Waals surface area (Å²) in [6.07, 6.45) is 0. The van der Waals surface area contributed by atoms with Crippen LogP contribution in [-0.4, -0.2) is 0 Å². The molecule has 0 bridgehead atoms. The Morgan fingerprint density at radius 3 is 0.500 bits per heavy atom. The normalized spacial score (nSPS) is 0. The minimum Gasteiger partial charge on any atom is -0.358 e. The summed E-state index contributed by atoms with van der Waals surface area (Å²) in [5, 5.41) is 0. The Kier molecular flexibility index (Phi) is 285. The van der Waals surface area contributed by atoms with Crippen LogP contribution in [0.5, 0.6) is 0 Å². The first kappa shape index (κ1) is 48.9. The van der Waals surface area contributed by atoms with Crippen LogP contribution in [0.15, 0.2) is 0 Å². The van der Waals surface area contributed by atoms with E-state index in [1.165, 1.54) is 0 Å². The van der Waals surface area contributed by atoms with Crippen molar-refractivity contribution in [1.82, 2.24) is 0 Å². The Labute approximate surface area is 136 Å². The summed E-state index contributed by atoms with van der Waals surface area (Å²) in [6, 6.07) is 0. The molecule has 0 nitrogen and oxygen atoms in total. The summed E-state index contributed by atoms with van der Waals surface area (Å²) in [6.45, 7) is 0. The molecule has 0 amide bonds. The van der Waals surface area contributed by atoms with Crippen molar-refractivity contribution >= 4 is 0 Å². The smallest absolute Gasteiger partial charge is 0.358 e. The molecule has 0 aliphatic carbocycles. The van der Waals surface area contributed by atoms with Crippen LogP contribution in [-0.2, 0) is 0 Å². The van der Waals surface area contributed by atoms with Gasteiger partial charge in [-0.05, 0) is 0 Å². The zero-order valence-corrected chi connectivity index (χ0v) is 20.7. The zero-order chi connectivity index (χ0) is 0. The molecule has 0 aliphatic heterocycles. The van der Waals surface area contributed by atoms with Gasteiger partial charge in [-0.2, -0.15) is 0 Å². The quantitative estimate of drug-likeness (QED) is 0.318. The van der Waals surface area contributed by atoms with E-state index in [1.54, 1.807) is 0 Å². The molecule has 0 fully saturated rings. The second kappa shape index (κ2) is 35.0. The van der Waals surface area contributed by atoms with Crippen molar-refractivity contribution in [2.75, 3.05) is 0 Å². The fourth-order valence-electron chi connectivity index (χ4n) is 0. The molecule has 30 valence electrons. The largest absolute Gasteiger partial charge is 2.00 e. The van der Waals surface area contributed by atoms with Gasteiger partial charge >= 0.3 is 31.1 Å². The predicted octanol–water partition coefficient (Wildman–Crippen LogP) is 0.901. The SMILES string of the molecule is [CH3-].[CH3-].[U+2].[U].[U].[U]. The van der Waals surface area contributed by atoms with E-state index in [-0.39, 0.29) is 139 Å². The Balaban J connectivity index is 0. The van der Waals surface area contributed by atoms with Crippen molar-refractivity contribution in [2.45, 2.75) is 0 Å². The molecule has 0 saturated heterocycles. The van der Waals surface area contributed by atoms with Crippen LogP contribution in [0.1, 0.15) is 0 Å². The first-order valence-electron chi connectivity index (χ1n) is 0. The van der Waals surface area contributed by atoms with Crippen LogP contribution in [0.2, 0.25) is 0 Å². The molecule has 0 saturated carbocycles. The van der Waals surface area contributed by atoms with Gasteiger partial charge in [0.25, 0.3) is 0 Å². The average molecular weight is 982 g/mol. The Morgan fingerprint density at radius 1 is 0.500 bits per heavy atom. The first-order chi connectivity index (χ1) is 0. The molecule has 0 spiro atoms. The van der Waals surface area contributed by atoms with E-state index in [0.717, 1.165) is 0 Å². The van der Waals surface area contributed by atoms with E-state index in [0.29, 0.717) is 0 Å². The summed E-state index contributed by atoms with van der Waals surface area (Å²) < 4.78 is 0. The summed E-state index contributed by atoms with van der Waals surface area (Å²) >= 11 is 0. The maximum absolute atomic E-state index is 0. The Hall–Kier alpha value is 4.21. The molecule has 4 heteroatoms. The fraction of sp³-hybridized carbons (Fsp3) is 0. The minimum atomic E-state index is 0. The van der Waals surface area contributed by atoms with Crippen molar-refractivity contribution in [1.29, 1.82) is 0 Å². The van der Waals surface area contributed by atoms with Crippen molar-refractivity contribution < 1.29 is 124 Å². The Bertz CT molecular complexity index is 5.51. The van der Waals surface area contributed by atoms with Crippen molar-refractivity contribution in [2.24, 2.45) is 0 Å². The van der Waals surface area contributed by atoms with Gasteiger partial charge in [0.05, 0.1) is 0 Å². The number of hydrogen-bond donors (Lipinski definition) is 0. The Morgan fingerprint density at radius 2 is 0.500 bits per heavy atom. The summed E-state index contributed by atoms with van der Waals surface area (Å²) in [5.74, 6) is 0. The van der Waals surface area contributed by atoms with Crippen LogP contribution < -0.4 is 0 Å². The van der Waals surface area contributed by atoms with E-state index < -0.39 is 0 Å². The molecule has 0 aromatic carbocycles. The van der Waals surface area contributed by atoms with E-state index in [9.17, 15) is 0 Å². The van der Waals surface area contributed by atoms with Gasteiger partial charge in [-0.25, -0.2) is 0 Å². The topological polar surface area (TPSA) is 0 Å². The third-order valence-electron chi connectivity index (χ3n) is 0. The van der Waals surface area contributed by atoms with E-state index in [2.05, 4.69) is 0 Å². The second-order valence-corrected chi connectivity index (χ2v) is 0. The standard InChI is InChI=1S/2CH3.4U/h2*1H3;;;;/q2*-1;;;;+2. The number of hydrogen-bond acceptors (Lipinski definition) is 0. The van der Waals surface area contributed by atoms with Gasteiger partial charge in [0.2, 0.25) is 0 Å². The zero-order valence-electron chi connectivity index (χ0n) is 4.00. The summed E-state index contributed by atoms with van der Waals surface area (Å²) in [7, 11) is 0. The molecule has 6 heavy (non-hydrogen) atoms. The molecule has 0 atom stereocenters. The maximum Gasteiger partial charge on any atom is 2.00 e. The molecular formula is C2H6U4. The molecule has 0 heterocycles. The van der Waals surface area contributed by atoms with Crippen LogP contribution in [0.3, 0.4) is 0 Å².